The molecule has 3 N–H and O–H groups in total. The minimum atomic E-state index is -0.114. The number of amides is 1. The van der Waals surface area contributed by atoms with Gasteiger partial charge in [-0.3, -0.25) is 4.79 Å². The molecule has 0 aliphatic heterocycles. The molecule has 2 atom stereocenters. The third kappa shape index (κ3) is 3.34. The number of nitrogens with zero attached hydrogens (tertiary/aromatic N) is 1. The summed E-state index contributed by atoms with van der Waals surface area (Å²) in [6, 6.07) is 14.2. The van der Waals surface area contributed by atoms with Crippen LogP contribution in [0.25, 0.3) is 0 Å². The van der Waals surface area contributed by atoms with Crippen molar-refractivity contribution in [2.24, 2.45) is 11.0 Å². The van der Waals surface area contributed by atoms with Gasteiger partial charge in [0.05, 0.1) is 5.71 Å². The highest BCUT2D eigenvalue weighted by Crippen LogP contribution is 2.47. The zero-order chi connectivity index (χ0) is 16.4. The highest BCUT2D eigenvalue weighted by Gasteiger charge is 2.43. The number of nitrogens with one attached hydrogen (secondary N) is 1. The maximum atomic E-state index is 12.1. The van der Waals surface area contributed by atoms with Crippen molar-refractivity contribution in [3.8, 4) is 11.5 Å². The quantitative estimate of drug-likeness (QED) is 0.600. The number of hydrazone groups is 1. The summed E-state index contributed by atoms with van der Waals surface area (Å²) in [5.74, 6) is -0.00605. The Labute approximate surface area is 134 Å². The SMILES string of the molecule is CC(=NNC(=O)C1CC1c1ccccc1)c1ccc(O)cc1O. The molecule has 0 spiro atoms. The van der Waals surface area contributed by atoms with Crippen LogP contribution in [-0.4, -0.2) is 21.8 Å². The van der Waals surface area contributed by atoms with Gasteiger partial charge in [-0.2, -0.15) is 5.10 Å². The van der Waals surface area contributed by atoms with E-state index in [0.29, 0.717) is 11.3 Å². The van der Waals surface area contributed by atoms with Crippen LogP contribution in [0.3, 0.4) is 0 Å². The average molecular weight is 310 g/mol. The molecule has 0 aromatic heterocycles. The summed E-state index contributed by atoms with van der Waals surface area (Å²) in [4.78, 5) is 12.1. The van der Waals surface area contributed by atoms with Crippen LogP contribution >= 0.6 is 0 Å². The Morgan fingerprint density at radius 2 is 1.91 bits per heavy atom. The molecule has 0 bridgehead atoms. The van der Waals surface area contributed by atoms with Gasteiger partial charge in [-0.15, -0.1) is 0 Å². The summed E-state index contributed by atoms with van der Waals surface area (Å²) in [6.45, 7) is 1.69. The maximum Gasteiger partial charge on any atom is 0.243 e. The van der Waals surface area contributed by atoms with E-state index in [-0.39, 0.29) is 29.2 Å². The molecule has 1 saturated carbocycles. The van der Waals surface area contributed by atoms with Crippen molar-refractivity contribution in [3.63, 3.8) is 0 Å². The summed E-state index contributed by atoms with van der Waals surface area (Å²) < 4.78 is 0. The fraction of sp³-hybridized carbons (Fsp3) is 0.222. The lowest BCUT2D eigenvalue weighted by molar-refractivity contribution is -0.122. The third-order valence-corrected chi connectivity index (χ3v) is 4.06. The molecule has 1 aliphatic rings. The lowest BCUT2D eigenvalue weighted by atomic mass is 10.1. The second-order valence-electron chi connectivity index (χ2n) is 5.73. The van der Waals surface area contributed by atoms with E-state index in [2.05, 4.69) is 10.5 Å². The molecule has 23 heavy (non-hydrogen) atoms. The van der Waals surface area contributed by atoms with E-state index in [1.807, 2.05) is 30.3 Å². The molecule has 0 heterocycles. The van der Waals surface area contributed by atoms with Gasteiger partial charge < -0.3 is 10.2 Å². The Kier molecular flexibility index (Phi) is 4.02. The number of hydrogen-bond donors (Lipinski definition) is 3. The molecule has 5 heteroatoms. The summed E-state index contributed by atoms with van der Waals surface area (Å²) in [5.41, 5.74) is 4.68. The zero-order valence-electron chi connectivity index (χ0n) is 12.7. The molecular weight excluding hydrogens is 292 g/mol. The fourth-order valence-corrected chi connectivity index (χ4v) is 2.66. The Hall–Kier alpha value is -2.82. The van der Waals surface area contributed by atoms with Crippen molar-refractivity contribution < 1.29 is 15.0 Å². The predicted molar refractivity (Wildman–Crippen MR) is 87.4 cm³/mol. The standard InChI is InChI=1S/C18H18N2O3/c1-11(14-8-7-13(21)9-17(14)22)19-20-18(23)16-10-15(16)12-5-3-2-4-6-12/h2-9,15-16,21-22H,10H2,1H3,(H,20,23). The number of rotatable bonds is 4. The monoisotopic (exact) mass is 310 g/mol. The molecule has 118 valence electrons. The highest BCUT2D eigenvalue weighted by atomic mass is 16.3. The van der Waals surface area contributed by atoms with Gasteiger partial charge in [0.25, 0.3) is 0 Å². The second-order valence-corrected chi connectivity index (χ2v) is 5.73. The first kappa shape index (κ1) is 15.1. The van der Waals surface area contributed by atoms with Gasteiger partial charge >= 0.3 is 0 Å². The number of carbonyl (C=O) groups is 1. The lowest BCUT2D eigenvalue weighted by Crippen LogP contribution is -2.21. The Morgan fingerprint density at radius 3 is 2.61 bits per heavy atom. The van der Waals surface area contributed by atoms with Gasteiger partial charge in [0.2, 0.25) is 5.91 Å². The molecule has 3 rings (SSSR count). The fourth-order valence-electron chi connectivity index (χ4n) is 2.66. The number of aromatic hydroxyl groups is 2. The van der Waals surface area contributed by atoms with Gasteiger partial charge in [0.15, 0.2) is 0 Å². The number of phenolic OH excluding ortho intramolecular Hbond substituents is 2. The van der Waals surface area contributed by atoms with E-state index < -0.39 is 0 Å². The van der Waals surface area contributed by atoms with Crippen LogP contribution in [-0.2, 0) is 4.79 Å². The normalized spacial score (nSPS) is 20.1. The largest absolute Gasteiger partial charge is 0.508 e. The van der Waals surface area contributed by atoms with E-state index >= 15 is 0 Å². The minimum absolute atomic E-state index is 0.0215. The first-order chi connectivity index (χ1) is 11.1. The minimum Gasteiger partial charge on any atom is -0.508 e. The smallest absolute Gasteiger partial charge is 0.243 e. The first-order valence-corrected chi connectivity index (χ1v) is 7.47. The molecule has 0 saturated heterocycles. The van der Waals surface area contributed by atoms with Crippen LogP contribution in [0.1, 0.15) is 30.4 Å². The van der Waals surface area contributed by atoms with Crippen molar-refractivity contribution in [2.75, 3.05) is 0 Å². The summed E-state index contributed by atoms with van der Waals surface area (Å²) in [6.07, 6.45) is 0.828. The van der Waals surface area contributed by atoms with Crippen LogP contribution in [0.15, 0.2) is 53.6 Å². The van der Waals surface area contributed by atoms with Gasteiger partial charge in [-0.1, -0.05) is 30.3 Å². The number of phenols is 2. The molecule has 1 amide bonds. The van der Waals surface area contributed by atoms with Crippen LogP contribution in [0, 0.1) is 5.92 Å². The molecule has 0 radical (unpaired) electrons. The third-order valence-electron chi connectivity index (χ3n) is 4.06. The molecular formula is C18H18N2O3. The Morgan fingerprint density at radius 1 is 1.17 bits per heavy atom. The van der Waals surface area contributed by atoms with Crippen molar-refractivity contribution in [1.29, 1.82) is 0 Å². The topological polar surface area (TPSA) is 81.9 Å². The van der Waals surface area contributed by atoms with Gasteiger partial charge in [0, 0.05) is 17.5 Å². The predicted octanol–water partition coefficient (Wildman–Crippen LogP) is 2.74. The van der Waals surface area contributed by atoms with Gasteiger partial charge in [0.1, 0.15) is 11.5 Å². The van der Waals surface area contributed by atoms with Crippen molar-refractivity contribution in [3.05, 3.63) is 59.7 Å². The van der Waals surface area contributed by atoms with Gasteiger partial charge in [-0.25, -0.2) is 5.43 Å². The summed E-state index contributed by atoms with van der Waals surface area (Å²) in [5, 5.41) is 23.1. The molecule has 5 nitrogen and oxygen atoms in total. The van der Waals surface area contributed by atoms with Crippen molar-refractivity contribution >= 4 is 11.6 Å². The van der Waals surface area contributed by atoms with Crippen LogP contribution < -0.4 is 5.43 Å². The van der Waals surface area contributed by atoms with E-state index in [4.69, 9.17) is 0 Å². The molecule has 1 fully saturated rings. The first-order valence-electron chi connectivity index (χ1n) is 7.47. The van der Waals surface area contributed by atoms with Crippen molar-refractivity contribution in [2.45, 2.75) is 19.3 Å². The summed E-state index contributed by atoms with van der Waals surface area (Å²) >= 11 is 0. The molecule has 2 aromatic rings. The van der Waals surface area contributed by atoms with E-state index in [1.165, 1.54) is 17.7 Å². The maximum absolute atomic E-state index is 12.1. The van der Waals surface area contributed by atoms with E-state index in [1.54, 1.807) is 13.0 Å². The second kappa shape index (κ2) is 6.12. The number of carbonyl (C=O) groups excluding carboxylic acids is 1. The highest BCUT2D eigenvalue weighted by molar-refractivity contribution is 6.01. The van der Waals surface area contributed by atoms with E-state index in [9.17, 15) is 15.0 Å². The van der Waals surface area contributed by atoms with E-state index in [0.717, 1.165) is 6.42 Å². The average Bonchev–Trinajstić information content (AvgIpc) is 3.34. The molecule has 1 aliphatic carbocycles. The Bertz CT molecular complexity index is 756. The van der Waals surface area contributed by atoms with Crippen molar-refractivity contribution in [1.82, 2.24) is 5.43 Å². The van der Waals surface area contributed by atoms with Crippen LogP contribution in [0.2, 0.25) is 0 Å². The summed E-state index contributed by atoms with van der Waals surface area (Å²) in [7, 11) is 0. The Balaban J connectivity index is 1.63. The molecule has 2 unspecified atom stereocenters. The molecule has 2 aromatic carbocycles. The van der Waals surface area contributed by atoms with Crippen LogP contribution in [0.5, 0.6) is 11.5 Å². The number of hydrogen-bond acceptors (Lipinski definition) is 4. The van der Waals surface area contributed by atoms with Crippen LogP contribution in [0.4, 0.5) is 0 Å². The van der Waals surface area contributed by atoms with Gasteiger partial charge in [-0.05, 0) is 37.0 Å². The number of benzene rings is 2. The lowest BCUT2D eigenvalue weighted by Gasteiger charge is -2.05. The zero-order valence-corrected chi connectivity index (χ0v) is 12.7.